The van der Waals surface area contributed by atoms with E-state index in [-0.39, 0.29) is 17.9 Å². The number of nitrogens with two attached hydrogens (primary N) is 1. The minimum Gasteiger partial charge on any atom is -0.378 e. The fraction of sp³-hybridized carbons (Fsp3) is 0.913. The summed E-state index contributed by atoms with van der Waals surface area (Å²) in [4.78, 5) is 26.8. The molecule has 1 fully saturated rings. The molecule has 1 aliphatic rings. The van der Waals surface area contributed by atoms with Crippen LogP contribution >= 0.6 is 11.8 Å². The molecule has 0 saturated carbocycles. The molecule has 8 heteroatoms. The highest BCUT2D eigenvalue weighted by Crippen LogP contribution is 2.22. The number of ether oxygens (including phenoxy) is 2. The maximum atomic E-state index is 12.6. The van der Waals surface area contributed by atoms with E-state index in [2.05, 4.69) is 12.2 Å². The van der Waals surface area contributed by atoms with Gasteiger partial charge in [-0.2, -0.15) is 0 Å². The van der Waals surface area contributed by atoms with E-state index in [1.54, 1.807) is 16.7 Å². The number of hydrogen-bond acceptors (Lipinski definition) is 6. The molecule has 3 N–H and O–H groups in total. The van der Waals surface area contributed by atoms with Crippen LogP contribution in [0.5, 0.6) is 0 Å². The highest BCUT2D eigenvalue weighted by atomic mass is 32.2. The average Bonchev–Trinajstić information content (AvgIpc) is 3.27. The second-order valence-corrected chi connectivity index (χ2v) is 9.12. The van der Waals surface area contributed by atoms with Crippen molar-refractivity contribution in [2.45, 2.75) is 83.6 Å². The lowest BCUT2D eigenvalue weighted by molar-refractivity contribution is -0.138. The highest BCUT2D eigenvalue weighted by molar-refractivity contribution is 7.99. The van der Waals surface area contributed by atoms with Crippen molar-refractivity contribution in [2.24, 2.45) is 5.73 Å². The molecule has 1 unspecified atom stereocenters. The van der Waals surface area contributed by atoms with Crippen LogP contribution in [0.15, 0.2) is 0 Å². The Kier molecular flexibility index (Phi) is 18.0. The van der Waals surface area contributed by atoms with Gasteiger partial charge in [0.2, 0.25) is 11.8 Å². The summed E-state index contributed by atoms with van der Waals surface area (Å²) < 4.78 is 10.6. The van der Waals surface area contributed by atoms with Gasteiger partial charge >= 0.3 is 0 Å². The number of hydrogen-bond donors (Lipinski definition) is 2. The van der Waals surface area contributed by atoms with Crippen molar-refractivity contribution in [3.63, 3.8) is 0 Å². The largest absolute Gasteiger partial charge is 0.378 e. The van der Waals surface area contributed by atoms with Gasteiger partial charge in [-0.05, 0) is 6.42 Å². The van der Waals surface area contributed by atoms with E-state index < -0.39 is 0 Å². The van der Waals surface area contributed by atoms with Crippen LogP contribution in [0.2, 0.25) is 0 Å². The Balaban J connectivity index is 2.07. The molecule has 0 aromatic heterocycles. The van der Waals surface area contributed by atoms with Gasteiger partial charge in [0.25, 0.3) is 0 Å². The van der Waals surface area contributed by atoms with Crippen LogP contribution in [0.3, 0.4) is 0 Å². The molecular formula is C23H45N3O4S. The van der Waals surface area contributed by atoms with Gasteiger partial charge in [0, 0.05) is 25.3 Å². The average molecular weight is 460 g/mol. The monoisotopic (exact) mass is 459 g/mol. The zero-order valence-corrected chi connectivity index (χ0v) is 20.4. The van der Waals surface area contributed by atoms with Crippen LogP contribution in [0, 0.1) is 0 Å². The summed E-state index contributed by atoms with van der Waals surface area (Å²) in [5.74, 6) is 1.31. The van der Waals surface area contributed by atoms with Crippen LogP contribution < -0.4 is 11.1 Å². The minimum absolute atomic E-state index is 0.0793. The van der Waals surface area contributed by atoms with E-state index >= 15 is 0 Å². The van der Waals surface area contributed by atoms with Crippen LogP contribution in [0.25, 0.3) is 0 Å². The second kappa shape index (κ2) is 19.8. The van der Waals surface area contributed by atoms with Gasteiger partial charge in [-0.3, -0.25) is 9.59 Å². The van der Waals surface area contributed by atoms with Crippen molar-refractivity contribution in [2.75, 3.05) is 51.1 Å². The number of rotatable bonds is 20. The van der Waals surface area contributed by atoms with Crippen molar-refractivity contribution >= 4 is 23.6 Å². The molecule has 1 saturated heterocycles. The Labute approximate surface area is 193 Å². The van der Waals surface area contributed by atoms with Gasteiger partial charge in [0.15, 0.2) is 0 Å². The van der Waals surface area contributed by atoms with Crippen LogP contribution in [0.4, 0.5) is 0 Å². The standard InChI is InChI=1S/C23H45N3O4S/c1-2-3-4-5-6-7-8-9-10-11-12-22(27)26-20-31-19-21(26)23(28)25-14-16-30-18-17-29-15-13-24/h21H,2-20,24H2,1H3,(H,25,28). The quantitative estimate of drug-likeness (QED) is 0.271. The summed E-state index contributed by atoms with van der Waals surface area (Å²) in [5, 5.41) is 2.89. The first-order valence-corrected chi connectivity index (χ1v) is 13.4. The molecule has 7 nitrogen and oxygen atoms in total. The fourth-order valence-corrected chi connectivity index (χ4v) is 4.76. The normalized spacial score (nSPS) is 16.1. The molecule has 0 bridgehead atoms. The topological polar surface area (TPSA) is 93.9 Å². The van der Waals surface area contributed by atoms with Gasteiger partial charge in [-0.25, -0.2) is 0 Å². The molecule has 0 aromatic carbocycles. The van der Waals surface area contributed by atoms with Crippen molar-refractivity contribution in [3.05, 3.63) is 0 Å². The Morgan fingerprint density at radius 1 is 0.935 bits per heavy atom. The lowest BCUT2D eigenvalue weighted by Crippen LogP contribution is -2.47. The zero-order chi connectivity index (χ0) is 22.6. The van der Waals surface area contributed by atoms with E-state index in [0.717, 1.165) is 12.8 Å². The third-order valence-corrected chi connectivity index (χ3v) is 6.44. The van der Waals surface area contributed by atoms with Gasteiger partial charge in [-0.15, -0.1) is 11.8 Å². The fourth-order valence-electron chi connectivity index (χ4n) is 3.58. The van der Waals surface area contributed by atoms with Crippen molar-refractivity contribution < 1.29 is 19.1 Å². The first-order chi connectivity index (χ1) is 15.2. The molecule has 182 valence electrons. The summed E-state index contributed by atoms with van der Waals surface area (Å²) in [6, 6.07) is -0.353. The van der Waals surface area contributed by atoms with Crippen molar-refractivity contribution in [3.8, 4) is 0 Å². The summed E-state index contributed by atoms with van der Waals surface area (Å²) in [6.07, 6.45) is 13.1. The molecule has 2 amide bonds. The summed E-state index contributed by atoms with van der Waals surface area (Å²) in [5.41, 5.74) is 5.34. The van der Waals surface area contributed by atoms with E-state index in [0.29, 0.717) is 57.6 Å². The number of nitrogens with one attached hydrogen (secondary N) is 1. The third-order valence-electron chi connectivity index (χ3n) is 5.43. The highest BCUT2D eigenvalue weighted by Gasteiger charge is 2.33. The molecule has 0 spiro atoms. The number of unbranched alkanes of at least 4 members (excludes halogenated alkanes) is 9. The minimum atomic E-state index is -0.353. The lowest BCUT2D eigenvalue weighted by Gasteiger charge is -2.23. The van der Waals surface area contributed by atoms with Gasteiger partial charge in [-0.1, -0.05) is 64.7 Å². The van der Waals surface area contributed by atoms with Gasteiger partial charge < -0.3 is 25.4 Å². The van der Waals surface area contributed by atoms with E-state index in [4.69, 9.17) is 15.2 Å². The smallest absolute Gasteiger partial charge is 0.243 e. The predicted octanol–water partition coefficient (Wildman–Crippen LogP) is 3.31. The molecule has 0 radical (unpaired) electrons. The molecule has 31 heavy (non-hydrogen) atoms. The maximum absolute atomic E-state index is 12.6. The number of amides is 2. The lowest BCUT2D eigenvalue weighted by atomic mass is 10.1. The number of carbonyl (C=O) groups excluding carboxylic acids is 2. The number of carbonyl (C=O) groups is 2. The molecule has 1 rings (SSSR count). The van der Waals surface area contributed by atoms with Crippen molar-refractivity contribution in [1.82, 2.24) is 10.2 Å². The second-order valence-electron chi connectivity index (χ2n) is 8.12. The molecule has 1 heterocycles. The maximum Gasteiger partial charge on any atom is 0.243 e. The Bertz CT molecular complexity index is 468. The van der Waals surface area contributed by atoms with Crippen LogP contribution in [-0.2, 0) is 19.1 Å². The molecule has 1 aliphatic heterocycles. The van der Waals surface area contributed by atoms with Crippen molar-refractivity contribution in [1.29, 1.82) is 0 Å². The van der Waals surface area contributed by atoms with Crippen LogP contribution in [-0.4, -0.2) is 73.9 Å². The van der Waals surface area contributed by atoms with Crippen LogP contribution in [0.1, 0.15) is 77.6 Å². The summed E-state index contributed by atoms with van der Waals surface area (Å²) in [7, 11) is 0. The molecule has 0 aromatic rings. The van der Waals surface area contributed by atoms with Gasteiger partial charge in [0.1, 0.15) is 6.04 Å². The molecule has 0 aliphatic carbocycles. The summed E-state index contributed by atoms with van der Waals surface area (Å²) >= 11 is 1.65. The Morgan fingerprint density at radius 3 is 2.19 bits per heavy atom. The number of nitrogens with zero attached hydrogens (tertiary/aromatic N) is 1. The molecule has 1 atom stereocenters. The SMILES string of the molecule is CCCCCCCCCCCCC(=O)N1CSCC1C(=O)NCCOCCOCCN. The first-order valence-electron chi connectivity index (χ1n) is 12.2. The van der Waals surface area contributed by atoms with E-state index in [9.17, 15) is 9.59 Å². The zero-order valence-electron chi connectivity index (χ0n) is 19.6. The summed E-state index contributed by atoms with van der Waals surface area (Å²) in [6.45, 7) is 5.15. The Morgan fingerprint density at radius 2 is 1.55 bits per heavy atom. The molecular weight excluding hydrogens is 414 g/mol. The third kappa shape index (κ3) is 14.0. The van der Waals surface area contributed by atoms with E-state index in [1.807, 2.05) is 0 Å². The van der Waals surface area contributed by atoms with E-state index in [1.165, 1.54) is 51.4 Å². The van der Waals surface area contributed by atoms with Gasteiger partial charge in [0.05, 0.1) is 32.3 Å². The Hall–Kier alpha value is -0.830. The number of thioether (sulfide) groups is 1. The first kappa shape index (κ1) is 28.2. The predicted molar refractivity (Wildman–Crippen MR) is 128 cm³/mol.